The van der Waals surface area contributed by atoms with Crippen LogP contribution in [0.4, 0.5) is 14.5 Å². The number of rotatable bonds is 3. The van der Waals surface area contributed by atoms with Crippen LogP contribution in [0.15, 0.2) is 40.9 Å². The van der Waals surface area contributed by atoms with Gasteiger partial charge in [-0.1, -0.05) is 6.07 Å². The molecule has 0 saturated heterocycles. The summed E-state index contributed by atoms with van der Waals surface area (Å²) in [6, 6.07) is 10.5. The molecule has 0 bridgehead atoms. The zero-order valence-electron chi connectivity index (χ0n) is 9.75. The van der Waals surface area contributed by atoms with Gasteiger partial charge in [0.1, 0.15) is 11.6 Å². The summed E-state index contributed by atoms with van der Waals surface area (Å²) >= 11 is 3.23. The average Bonchev–Trinajstić information content (AvgIpc) is 2.37. The highest BCUT2D eigenvalue weighted by Gasteiger charge is 2.06. The topological polar surface area (TPSA) is 35.8 Å². The third-order valence-electron chi connectivity index (χ3n) is 2.52. The molecule has 96 valence electrons. The Bertz CT molecular complexity index is 630. The van der Waals surface area contributed by atoms with E-state index in [0.29, 0.717) is 15.7 Å². The standard InChI is InChI=1S/C14H9BrF2N2/c15-12-2-1-3-13(17)14(12)19-8-10-4-9(7-18)5-11(16)6-10/h1-6,19H,8H2. The van der Waals surface area contributed by atoms with Gasteiger partial charge in [-0.2, -0.15) is 5.26 Å². The first kappa shape index (κ1) is 13.5. The highest BCUT2D eigenvalue weighted by molar-refractivity contribution is 9.10. The van der Waals surface area contributed by atoms with E-state index in [4.69, 9.17) is 5.26 Å². The second-order valence-corrected chi connectivity index (χ2v) is 4.76. The fourth-order valence-electron chi connectivity index (χ4n) is 1.67. The molecule has 5 heteroatoms. The minimum absolute atomic E-state index is 0.228. The van der Waals surface area contributed by atoms with Gasteiger partial charge in [-0.25, -0.2) is 8.78 Å². The molecule has 0 spiro atoms. The van der Waals surface area contributed by atoms with Crippen LogP contribution < -0.4 is 5.32 Å². The van der Waals surface area contributed by atoms with Crippen LogP contribution in [-0.4, -0.2) is 0 Å². The molecule has 0 heterocycles. The van der Waals surface area contributed by atoms with E-state index in [2.05, 4.69) is 21.2 Å². The molecule has 0 fully saturated rings. The molecule has 0 atom stereocenters. The Morgan fingerprint density at radius 3 is 2.68 bits per heavy atom. The molecular weight excluding hydrogens is 314 g/mol. The Kier molecular flexibility index (Phi) is 4.13. The number of para-hydroxylation sites is 1. The lowest BCUT2D eigenvalue weighted by Crippen LogP contribution is -2.03. The molecule has 0 amide bonds. The number of halogens is 3. The van der Waals surface area contributed by atoms with Crippen molar-refractivity contribution in [2.75, 3.05) is 5.32 Å². The molecule has 0 aliphatic carbocycles. The predicted octanol–water partition coefficient (Wildman–Crippen LogP) is 4.21. The SMILES string of the molecule is N#Cc1cc(F)cc(CNc2c(F)cccc2Br)c1. The van der Waals surface area contributed by atoms with Crippen molar-refractivity contribution in [3.63, 3.8) is 0 Å². The van der Waals surface area contributed by atoms with Crippen LogP contribution in [0, 0.1) is 23.0 Å². The van der Waals surface area contributed by atoms with Crippen molar-refractivity contribution >= 4 is 21.6 Å². The summed E-state index contributed by atoms with van der Waals surface area (Å²) < 4.78 is 27.4. The summed E-state index contributed by atoms with van der Waals surface area (Å²) in [5.74, 6) is -0.880. The maximum atomic E-state index is 13.6. The normalized spacial score (nSPS) is 10.0. The summed E-state index contributed by atoms with van der Waals surface area (Å²) in [5.41, 5.74) is 1.13. The molecule has 0 aromatic heterocycles. The maximum absolute atomic E-state index is 13.6. The number of nitrogens with one attached hydrogen (secondary N) is 1. The molecule has 1 N–H and O–H groups in total. The smallest absolute Gasteiger partial charge is 0.147 e. The van der Waals surface area contributed by atoms with Crippen LogP contribution >= 0.6 is 15.9 Å². The summed E-state index contributed by atoms with van der Waals surface area (Å²) in [6.07, 6.45) is 0. The van der Waals surface area contributed by atoms with Gasteiger partial charge in [0.2, 0.25) is 0 Å². The van der Waals surface area contributed by atoms with Gasteiger partial charge in [-0.05, 0) is 51.8 Å². The van der Waals surface area contributed by atoms with E-state index < -0.39 is 11.6 Å². The third kappa shape index (κ3) is 3.30. The molecule has 19 heavy (non-hydrogen) atoms. The van der Waals surface area contributed by atoms with Crippen molar-refractivity contribution in [3.05, 3.63) is 63.6 Å². The van der Waals surface area contributed by atoms with Crippen molar-refractivity contribution in [1.29, 1.82) is 5.26 Å². The largest absolute Gasteiger partial charge is 0.378 e. The second kappa shape index (κ2) is 5.81. The summed E-state index contributed by atoms with van der Waals surface area (Å²) in [7, 11) is 0. The van der Waals surface area contributed by atoms with Gasteiger partial charge in [0.25, 0.3) is 0 Å². The number of benzene rings is 2. The van der Waals surface area contributed by atoms with Crippen molar-refractivity contribution in [2.45, 2.75) is 6.54 Å². The van der Waals surface area contributed by atoms with Crippen LogP contribution in [0.3, 0.4) is 0 Å². The van der Waals surface area contributed by atoms with E-state index in [-0.39, 0.29) is 12.1 Å². The lowest BCUT2D eigenvalue weighted by atomic mass is 10.1. The molecular formula is C14H9BrF2N2. The molecule has 0 unspecified atom stereocenters. The minimum atomic E-state index is -0.483. The Morgan fingerprint density at radius 2 is 2.00 bits per heavy atom. The Labute approximate surface area is 117 Å². The Balaban J connectivity index is 2.19. The summed E-state index contributed by atoms with van der Waals surface area (Å²) in [6.45, 7) is 0.228. The van der Waals surface area contributed by atoms with Crippen molar-refractivity contribution < 1.29 is 8.78 Å². The zero-order chi connectivity index (χ0) is 13.8. The first-order valence-corrected chi connectivity index (χ1v) is 6.27. The Hall–Kier alpha value is -1.93. The highest BCUT2D eigenvalue weighted by Crippen LogP contribution is 2.25. The number of nitrogens with zero attached hydrogens (tertiary/aromatic N) is 1. The first-order chi connectivity index (χ1) is 9.10. The van der Waals surface area contributed by atoms with E-state index >= 15 is 0 Å². The van der Waals surface area contributed by atoms with Crippen LogP contribution in [0.2, 0.25) is 0 Å². The van der Waals surface area contributed by atoms with Gasteiger partial charge in [0.15, 0.2) is 0 Å². The van der Waals surface area contributed by atoms with Gasteiger partial charge in [-0.3, -0.25) is 0 Å². The molecule has 0 saturated carbocycles. The molecule has 0 aliphatic rings. The molecule has 2 rings (SSSR count). The molecule has 2 aromatic carbocycles. The fraction of sp³-hybridized carbons (Fsp3) is 0.0714. The highest BCUT2D eigenvalue weighted by atomic mass is 79.9. The van der Waals surface area contributed by atoms with Crippen molar-refractivity contribution in [1.82, 2.24) is 0 Å². The maximum Gasteiger partial charge on any atom is 0.147 e. The van der Waals surface area contributed by atoms with Gasteiger partial charge in [0.05, 0.1) is 17.3 Å². The third-order valence-corrected chi connectivity index (χ3v) is 3.18. The molecule has 0 aliphatic heterocycles. The lowest BCUT2D eigenvalue weighted by molar-refractivity contribution is 0.624. The van der Waals surface area contributed by atoms with Crippen molar-refractivity contribution in [2.24, 2.45) is 0 Å². The monoisotopic (exact) mass is 322 g/mol. The zero-order valence-corrected chi connectivity index (χ0v) is 11.3. The average molecular weight is 323 g/mol. The summed E-state index contributed by atoms with van der Waals surface area (Å²) in [5, 5.41) is 11.6. The second-order valence-electron chi connectivity index (χ2n) is 3.91. The van der Waals surface area contributed by atoms with Gasteiger partial charge in [0, 0.05) is 11.0 Å². The lowest BCUT2D eigenvalue weighted by Gasteiger charge is -2.10. The van der Waals surface area contributed by atoms with Gasteiger partial charge >= 0.3 is 0 Å². The van der Waals surface area contributed by atoms with Gasteiger partial charge < -0.3 is 5.32 Å². The van der Waals surface area contributed by atoms with Crippen LogP contribution in [0.25, 0.3) is 0 Å². The minimum Gasteiger partial charge on any atom is -0.378 e. The van der Waals surface area contributed by atoms with E-state index in [1.807, 2.05) is 6.07 Å². The van der Waals surface area contributed by atoms with E-state index in [0.717, 1.165) is 6.07 Å². The summed E-state index contributed by atoms with van der Waals surface area (Å²) in [4.78, 5) is 0. The first-order valence-electron chi connectivity index (χ1n) is 5.47. The van der Waals surface area contributed by atoms with Crippen LogP contribution in [-0.2, 0) is 6.54 Å². The van der Waals surface area contributed by atoms with Crippen molar-refractivity contribution in [3.8, 4) is 6.07 Å². The number of hydrogen-bond acceptors (Lipinski definition) is 2. The van der Waals surface area contributed by atoms with E-state index in [9.17, 15) is 8.78 Å². The Morgan fingerprint density at radius 1 is 1.21 bits per heavy atom. The predicted molar refractivity (Wildman–Crippen MR) is 72.5 cm³/mol. The fourth-order valence-corrected chi connectivity index (χ4v) is 2.16. The van der Waals surface area contributed by atoms with Crippen LogP contribution in [0.5, 0.6) is 0 Å². The number of nitriles is 1. The number of anilines is 1. The molecule has 2 aromatic rings. The van der Waals surface area contributed by atoms with E-state index in [1.165, 1.54) is 12.1 Å². The van der Waals surface area contributed by atoms with Crippen LogP contribution in [0.1, 0.15) is 11.1 Å². The molecule has 2 nitrogen and oxygen atoms in total. The quantitative estimate of drug-likeness (QED) is 0.918. The van der Waals surface area contributed by atoms with Gasteiger partial charge in [-0.15, -0.1) is 0 Å². The van der Waals surface area contributed by atoms with E-state index in [1.54, 1.807) is 18.2 Å². The number of hydrogen-bond donors (Lipinski definition) is 1. The molecule has 0 radical (unpaired) electrons.